The van der Waals surface area contributed by atoms with Crippen molar-refractivity contribution in [3.8, 4) is 0 Å². The molecule has 0 aliphatic carbocycles. The van der Waals surface area contributed by atoms with Gasteiger partial charge in [-0.2, -0.15) is 13.2 Å². The largest absolute Gasteiger partial charge is 0.466 e. The van der Waals surface area contributed by atoms with Crippen LogP contribution < -0.4 is 5.73 Å². The molecule has 0 spiro atoms. The summed E-state index contributed by atoms with van der Waals surface area (Å²) in [6.07, 6.45) is -5.00. The number of halogens is 4. The van der Waals surface area contributed by atoms with Gasteiger partial charge in [0.2, 0.25) is 0 Å². The van der Waals surface area contributed by atoms with Crippen molar-refractivity contribution >= 4 is 29.1 Å². The maximum absolute atomic E-state index is 12.8. The molecule has 0 unspecified atom stereocenters. The average Bonchev–Trinajstić information content (AvgIpc) is 2.30. The smallest absolute Gasteiger partial charge is 0.418 e. The van der Waals surface area contributed by atoms with Crippen molar-refractivity contribution in [2.24, 2.45) is 10.7 Å². The fraction of sp³-hybridized carbons (Fsp3) is 0.333. The minimum absolute atomic E-state index is 0.0692. The van der Waals surface area contributed by atoms with Gasteiger partial charge in [-0.3, -0.25) is 4.79 Å². The van der Waals surface area contributed by atoms with Gasteiger partial charge in [-0.05, 0) is 25.1 Å². The number of rotatable bonds is 4. The minimum atomic E-state index is -4.62. The van der Waals surface area contributed by atoms with E-state index in [1.807, 2.05) is 0 Å². The molecule has 0 aliphatic heterocycles. The summed E-state index contributed by atoms with van der Waals surface area (Å²) >= 11 is 5.53. The molecule has 0 aromatic heterocycles. The van der Waals surface area contributed by atoms with Gasteiger partial charge in [-0.1, -0.05) is 11.6 Å². The highest BCUT2D eigenvalue weighted by Gasteiger charge is 2.33. The Morgan fingerprint density at radius 2 is 2.10 bits per heavy atom. The lowest BCUT2D eigenvalue weighted by Crippen LogP contribution is -2.18. The zero-order valence-electron chi connectivity index (χ0n) is 10.5. The molecule has 4 nitrogen and oxygen atoms in total. The van der Waals surface area contributed by atoms with Crippen molar-refractivity contribution in [2.75, 3.05) is 6.61 Å². The van der Waals surface area contributed by atoms with E-state index in [0.29, 0.717) is 0 Å². The molecule has 0 bridgehead atoms. The van der Waals surface area contributed by atoms with Crippen molar-refractivity contribution in [1.29, 1.82) is 0 Å². The minimum Gasteiger partial charge on any atom is -0.466 e. The molecule has 20 heavy (non-hydrogen) atoms. The number of alkyl halides is 3. The van der Waals surface area contributed by atoms with Crippen LogP contribution in [0, 0.1) is 0 Å². The monoisotopic (exact) mass is 308 g/mol. The molecular formula is C12H12ClF3N2O2. The Labute approximate surface area is 118 Å². The molecule has 1 rings (SSSR count). The van der Waals surface area contributed by atoms with E-state index in [1.54, 1.807) is 6.92 Å². The molecule has 0 heterocycles. The van der Waals surface area contributed by atoms with Crippen LogP contribution >= 0.6 is 11.6 Å². The summed E-state index contributed by atoms with van der Waals surface area (Å²) < 4.78 is 43.0. The van der Waals surface area contributed by atoms with Crippen LogP contribution in [0.4, 0.5) is 18.9 Å². The zero-order chi connectivity index (χ0) is 15.3. The predicted octanol–water partition coefficient (Wildman–Crippen LogP) is 3.30. The molecule has 0 saturated carbocycles. The summed E-state index contributed by atoms with van der Waals surface area (Å²) in [5, 5.41) is -0.0692. The van der Waals surface area contributed by atoms with Crippen LogP contribution in [0.25, 0.3) is 0 Å². The first-order valence-electron chi connectivity index (χ1n) is 5.59. The Kier molecular flexibility index (Phi) is 5.38. The summed E-state index contributed by atoms with van der Waals surface area (Å²) in [6, 6.07) is 3.09. The Hall–Kier alpha value is -1.76. The van der Waals surface area contributed by atoms with Gasteiger partial charge in [0.1, 0.15) is 12.3 Å². The number of aliphatic imine (C=N–C) groups is 1. The second kappa shape index (κ2) is 6.60. The fourth-order valence-corrected chi connectivity index (χ4v) is 1.56. The van der Waals surface area contributed by atoms with Crippen LogP contribution in [-0.2, 0) is 15.7 Å². The standard InChI is InChI=1S/C12H12ClF3N2O2/c1-2-20-11(19)6-10(17)18-9-4-3-7(13)5-8(9)12(14,15)16/h3-5H,2,6H2,1H3,(H2,17,18). The summed E-state index contributed by atoms with van der Waals surface area (Å²) in [6.45, 7) is 1.76. The maximum Gasteiger partial charge on any atom is 0.418 e. The molecule has 110 valence electrons. The van der Waals surface area contributed by atoms with Gasteiger partial charge in [0.25, 0.3) is 0 Å². The van der Waals surface area contributed by atoms with Gasteiger partial charge in [-0.15, -0.1) is 0 Å². The van der Waals surface area contributed by atoms with Gasteiger partial charge < -0.3 is 10.5 Å². The second-order valence-electron chi connectivity index (χ2n) is 3.74. The van der Waals surface area contributed by atoms with Crippen molar-refractivity contribution in [2.45, 2.75) is 19.5 Å². The normalized spacial score (nSPS) is 12.3. The van der Waals surface area contributed by atoms with Gasteiger partial charge in [0, 0.05) is 5.02 Å². The molecule has 8 heteroatoms. The first-order chi connectivity index (χ1) is 9.24. The molecule has 0 fully saturated rings. The van der Waals surface area contributed by atoms with Gasteiger partial charge in [0.15, 0.2) is 0 Å². The van der Waals surface area contributed by atoms with E-state index in [9.17, 15) is 18.0 Å². The SMILES string of the molecule is CCOC(=O)CC(N)=Nc1ccc(Cl)cc1C(F)(F)F. The summed E-state index contributed by atoms with van der Waals surface area (Å²) in [4.78, 5) is 14.8. The Balaban J connectivity index is 3.05. The zero-order valence-corrected chi connectivity index (χ0v) is 11.3. The predicted molar refractivity (Wildman–Crippen MR) is 69.0 cm³/mol. The average molecular weight is 309 g/mol. The number of carbonyl (C=O) groups is 1. The lowest BCUT2D eigenvalue weighted by atomic mass is 10.1. The number of nitrogens with two attached hydrogens (primary N) is 1. The van der Waals surface area contributed by atoms with E-state index in [4.69, 9.17) is 17.3 Å². The molecule has 0 amide bonds. The highest BCUT2D eigenvalue weighted by atomic mass is 35.5. The van der Waals surface area contributed by atoms with Crippen LogP contribution in [0.5, 0.6) is 0 Å². The van der Waals surface area contributed by atoms with E-state index in [2.05, 4.69) is 9.73 Å². The number of ether oxygens (including phenoxy) is 1. The Bertz CT molecular complexity index is 530. The van der Waals surface area contributed by atoms with Crippen LogP contribution in [0.3, 0.4) is 0 Å². The molecule has 2 N–H and O–H groups in total. The first-order valence-corrected chi connectivity index (χ1v) is 5.97. The maximum atomic E-state index is 12.8. The molecule has 0 radical (unpaired) electrons. The molecule has 1 aromatic rings. The lowest BCUT2D eigenvalue weighted by Gasteiger charge is -2.10. The van der Waals surface area contributed by atoms with E-state index >= 15 is 0 Å². The topological polar surface area (TPSA) is 64.7 Å². The third-order valence-electron chi connectivity index (χ3n) is 2.16. The first kappa shape index (κ1) is 16.3. The third kappa shape index (κ3) is 4.73. The highest BCUT2D eigenvalue weighted by Crippen LogP contribution is 2.37. The van der Waals surface area contributed by atoms with Crippen LogP contribution in [0.15, 0.2) is 23.2 Å². The van der Waals surface area contributed by atoms with E-state index < -0.39 is 23.4 Å². The molecule has 0 saturated heterocycles. The lowest BCUT2D eigenvalue weighted by molar-refractivity contribution is -0.141. The number of hydrogen-bond donors (Lipinski definition) is 1. The van der Waals surface area contributed by atoms with E-state index in [1.165, 1.54) is 6.07 Å². The van der Waals surface area contributed by atoms with Crippen LogP contribution in [0.2, 0.25) is 5.02 Å². The number of nitrogens with zero attached hydrogens (tertiary/aromatic N) is 1. The van der Waals surface area contributed by atoms with Gasteiger partial charge in [0.05, 0.1) is 17.9 Å². The van der Waals surface area contributed by atoms with Crippen molar-refractivity contribution in [1.82, 2.24) is 0 Å². The third-order valence-corrected chi connectivity index (χ3v) is 2.39. The van der Waals surface area contributed by atoms with Crippen LogP contribution in [-0.4, -0.2) is 18.4 Å². The number of hydrogen-bond acceptors (Lipinski definition) is 3. The highest BCUT2D eigenvalue weighted by molar-refractivity contribution is 6.30. The molecule has 0 atom stereocenters. The molecule has 0 aliphatic rings. The number of benzene rings is 1. The summed E-state index contributed by atoms with van der Waals surface area (Å²) in [5.74, 6) is -0.924. The van der Waals surface area contributed by atoms with Crippen molar-refractivity contribution < 1.29 is 22.7 Å². The second-order valence-corrected chi connectivity index (χ2v) is 4.18. The summed E-state index contributed by atoms with van der Waals surface area (Å²) in [5.41, 5.74) is 4.02. The summed E-state index contributed by atoms with van der Waals surface area (Å²) in [7, 11) is 0. The molecular weight excluding hydrogens is 297 g/mol. The van der Waals surface area contributed by atoms with Crippen molar-refractivity contribution in [3.05, 3.63) is 28.8 Å². The van der Waals surface area contributed by atoms with Gasteiger partial charge >= 0.3 is 12.1 Å². The van der Waals surface area contributed by atoms with E-state index in [-0.39, 0.29) is 23.9 Å². The fourth-order valence-electron chi connectivity index (χ4n) is 1.39. The number of esters is 1. The number of amidine groups is 1. The number of carbonyl (C=O) groups excluding carboxylic acids is 1. The Morgan fingerprint density at radius 1 is 1.45 bits per heavy atom. The van der Waals surface area contributed by atoms with Crippen molar-refractivity contribution in [3.63, 3.8) is 0 Å². The van der Waals surface area contributed by atoms with Crippen LogP contribution in [0.1, 0.15) is 18.9 Å². The Morgan fingerprint density at radius 3 is 2.65 bits per heavy atom. The quantitative estimate of drug-likeness (QED) is 0.527. The molecule has 1 aromatic carbocycles. The van der Waals surface area contributed by atoms with Gasteiger partial charge in [-0.25, -0.2) is 4.99 Å². The van der Waals surface area contributed by atoms with E-state index in [0.717, 1.165) is 12.1 Å².